The molecule has 1 N–H and O–H groups in total. The van der Waals surface area contributed by atoms with Crippen LogP contribution in [-0.2, 0) is 9.53 Å². The van der Waals surface area contributed by atoms with Gasteiger partial charge in [-0.2, -0.15) is 5.10 Å². The number of aromatic nitrogens is 2. The molecule has 122 valence electrons. The van der Waals surface area contributed by atoms with Gasteiger partial charge in [0, 0.05) is 32.1 Å². The van der Waals surface area contributed by atoms with Crippen molar-refractivity contribution in [1.29, 1.82) is 0 Å². The number of rotatable bonds is 5. The third-order valence-corrected chi connectivity index (χ3v) is 4.59. The fraction of sp³-hybridized carbons (Fsp3) is 0.750. The molecule has 6 heteroatoms. The molecule has 0 aromatic carbocycles. The monoisotopic (exact) mass is 306 g/mol. The third kappa shape index (κ3) is 3.87. The second-order valence-corrected chi connectivity index (χ2v) is 6.38. The van der Waals surface area contributed by atoms with Crippen molar-refractivity contribution in [3.8, 4) is 0 Å². The van der Waals surface area contributed by atoms with Gasteiger partial charge in [-0.05, 0) is 19.8 Å². The molecule has 1 atom stereocenters. The molecule has 2 fully saturated rings. The van der Waals surface area contributed by atoms with Crippen molar-refractivity contribution in [3.63, 3.8) is 0 Å². The van der Waals surface area contributed by atoms with E-state index in [4.69, 9.17) is 4.74 Å². The Hall–Kier alpha value is -1.40. The lowest BCUT2D eigenvalue weighted by atomic mass is 10.2. The Kier molecular flexibility index (Phi) is 5.10. The fourth-order valence-corrected chi connectivity index (χ4v) is 3.41. The first-order valence-electron chi connectivity index (χ1n) is 8.39. The summed E-state index contributed by atoms with van der Waals surface area (Å²) in [5.74, 6) is 0.908. The molecule has 1 amide bonds. The minimum absolute atomic E-state index is 0.0684. The van der Waals surface area contributed by atoms with Crippen LogP contribution < -0.4 is 5.32 Å². The Morgan fingerprint density at radius 3 is 3.05 bits per heavy atom. The zero-order valence-electron chi connectivity index (χ0n) is 13.3. The van der Waals surface area contributed by atoms with Crippen LogP contribution in [0.5, 0.6) is 0 Å². The van der Waals surface area contributed by atoms with Gasteiger partial charge >= 0.3 is 0 Å². The molecule has 1 aromatic rings. The number of ether oxygens (including phenoxy) is 1. The smallest absolute Gasteiger partial charge is 0.226 e. The van der Waals surface area contributed by atoms with Gasteiger partial charge in [0.25, 0.3) is 0 Å². The fourth-order valence-electron chi connectivity index (χ4n) is 3.41. The first-order chi connectivity index (χ1) is 10.7. The van der Waals surface area contributed by atoms with Crippen LogP contribution in [0.2, 0.25) is 0 Å². The van der Waals surface area contributed by atoms with E-state index in [1.54, 1.807) is 6.20 Å². The average molecular weight is 306 g/mol. The van der Waals surface area contributed by atoms with E-state index < -0.39 is 0 Å². The summed E-state index contributed by atoms with van der Waals surface area (Å²) in [4.78, 5) is 14.5. The lowest BCUT2D eigenvalue weighted by Crippen LogP contribution is -2.42. The summed E-state index contributed by atoms with van der Waals surface area (Å²) in [5.41, 5.74) is 0. The van der Waals surface area contributed by atoms with Crippen molar-refractivity contribution in [3.05, 3.63) is 12.3 Å². The summed E-state index contributed by atoms with van der Waals surface area (Å²) in [6.07, 6.45) is 7.40. The number of amides is 1. The molecule has 2 heterocycles. The summed E-state index contributed by atoms with van der Waals surface area (Å²) in [5, 5.41) is 7.41. The standard InChI is InChI=1S/C16H26N4O2/c1-13-12-19(10-11-22-13)9-7-16(21)18-15-6-8-17-20(15)14-4-2-3-5-14/h6,8,13-14H,2-5,7,9-12H2,1H3,(H,18,21)/t13-/m0/s1. The molecule has 0 radical (unpaired) electrons. The molecule has 6 nitrogen and oxygen atoms in total. The molecular weight excluding hydrogens is 280 g/mol. The predicted octanol–water partition coefficient (Wildman–Crippen LogP) is 2.05. The zero-order valence-corrected chi connectivity index (χ0v) is 13.3. The quantitative estimate of drug-likeness (QED) is 0.904. The molecule has 0 spiro atoms. The lowest BCUT2D eigenvalue weighted by molar-refractivity contribution is -0.117. The van der Waals surface area contributed by atoms with Crippen molar-refractivity contribution >= 4 is 11.7 Å². The summed E-state index contributed by atoms with van der Waals surface area (Å²) >= 11 is 0. The van der Waals surface area contributed by atoms with Gasteiger partial charge in [0.2, 0.25) is 5.91 Å². The van der Waals surface area contributed by atoms with E-state index in [1.165, 1.54) is 12.8 Å². The van der Waals surface area contributed by atoms with Gasteiger partial charge < -0.3 is 10.1 Å². The predicted molar refractivity (Wildman–Crippen MR) is 84.8 cm³/mol. The SMILES string of the molecule is C[C@H]1CN(CCC(=O)Nc2ccnn2C2CCCC2)CCO1. The Labute approximate surface area is 131 Å². The zero-order chi connectivity index (χ0) is 15.4. The minimum atomic E-state index is 0.0684. The molecule has 1 saturated heterocycles. The number of carbonyl (C=O) groups is 1. The Bertz CT molecular complexity index is 496. The topological polar surface area (TPSA) is 59.4 Å². The van der Waals surface area contributed by atoms with E-state index >= 15 is 0 Å². The number of nitrogens with one attached hydrogen (secondary N) is 1. The van der Waals surface area contributed by atoms with Crippen LogP contribution in [0.25, 0.3) is 0 Å². The van der Waals surface area contributed by atoms with Crippen LogP contribution in [0.15, 0.2) is 12.3 Å². The van der Waals surface area contributed by atoms with Gasteiger partial charge in [0.1, 0.15) is 5.82 Å². The van der Waals surface area contributed by atoms with Crippen LogP contribution in [-0.4, -0.2) is 52.9 Å². The number of anilines is 1. The highest BCUT2D eigenvalue weighted by Crippen LogP contribution is 2.31. The van der Waals surface area contributed by atoms with Crippen molar-refractivity contribution in [2.45, 2.75) is 51.2 Å². The van der Waals surface area contributed by atoms with Crippen molar-refractivity contribution in [2.24, 2.45) is 0 Å². The highest BCUT2D eigenvalue weighted by molar-refractivity contribution is 5.89. The molecule has 22 heavy (non-hydrogen) atoms. The molecular formula is C16H26N4O2. The Balaban J connectivity index is 1.48. The van der Waals surface area contributed by atoms with Crippen molar-refractivity contribution in [1.82, 2.24) is 14.7 Å². The summed E-state index contributed by atoms with van der Waals surface area (Å²) < 4.78 is 7.51. The highest BCUT2D eigenvalue weighted by Gasteiger charge is 2.21. The number of nitrogens with zero attached hydrogens (tertiary/aromatic N) is 3. The molecule has 0 unspecified atom stereocenters. The van der Waals surface area contributed by atoms with Gasteiger partial charge in [-0.15, -0.1) is 0 Å². The number of carbonyl (C=O) groups excluding carboxylic acids is 1. The minimum Gasteiger partial charge on any atom is -0.376 e. The second-order valence-electron chi connectivity index (χ2n) is 6.38. The van der Waals surface area contributed by atoms with Gasteiger partial charge in [-0.25, -0.2) is 4.68 Å². The first-order valence-corrected chi connectivity index (χ1v) is 8.39. The molecule has 1 aliphatic carbocycles. The molecule has 3 rings (SSSR count). The van der Waals surface area contributed by atoms with Crippen molar-refractivity contribution < 1.29 is 9.53 Å². The lowest BCUT2D eigenvalue weighted by Gasteiger charge is -2.30. The van der Waals surface area contributed by atoms with E-state index in [-0.39, 0.29) is 12.0 Å². The second kappa shape index (κ2) is 7.24. The van der Waals surface area contributed by atoms with Crippen LogP contribution in [0.4, 0.5) is 5.82 Å². The molecule has 1 saturated carbocycles. The maximum Gasteiger partial charge on any atom is 0.226 e. The van der Waals surface area contributed by atoms with E-state index in [2.05, 4.69) is 22.2 Å². The summed E-state index contributed by atoms with van der Waals surface area (Å²) in [6, 6.07) is 2.35. The van der Waals surface area contributed by atoms with Gasteiger partial charge in [-0.3, -0.25) is 9.69 Å². The third-order valence-electron chi connectivity index (χ3n) is 4.59. The molecule has 0 bridgehead atoms. The molecule has 1 aliphatic heterocycles. The molecule has 1 aromatic heterocycles. The molecule has 2 aliphatic rings. The van der Waals surface area contributed by atoms with E-state index in [0.717, 1.165) is 44.9 Å². The van der Waals surface area contributed by atoms with Crippen LogP contribution in [0.3, 0.4) is 0 Å². The van der Waals surface area contributed by atoms with Crippen LogP contribution in [0.1, 0.15) is 45.1 Å². The van der Waals surface area contributed by atoms with Crippen LogP contribution >= 0.6 is 0 Å². The maximum atomic E-state index is 12.2. The van der Waals surface area contributed by atoms with Crippen LogP contribution in [0, 0.1) is 0 Å². The largest absolute Gasteiger partial charge is 0.376 e. The highest BCUT2D eigenvalue weighted by atomic mass is 16.5. The van der Waals surface area contributed by atoms with Gasteiger partial charge in [-0.1, -0.05) is 12.8 Å². The first kappa shape index (κ1) is 15.5. The van der Waals surface area contributed by atoms with E-state index in [9.17, 15) is 4.79 Å². The van der Waals surface area contributed by atoms with Gasteiger partial charge in [0.05, 0.1) is 24.9 Å². The summed E-state index contributed by atoms with van der Waals surface area (Å²) in [7, 11) is 0. The Morgan fingerprint density at radius 2 is 2.27 bits per heavy atom. The van der Waals surface area contributed by atoms with E-state index in [0.29, 0.717) is 12.5 Å². The Morgan fingerprint density at radius 1 is 1.45 bits per heavy atom. The normalized spacial score (nSPS) is 23.8. The van der Waals surface area contributed by atoms with Gasteiger partial charge in [0.15, 0.2) is 0 Å². The number of hydrogen-bond donors (Lipinski definition) is 1. The summed E-state index contributed by atoms with van der Waals surface area (Å²) in [6.45, 7) is 5.45. The maximum absolute atomic E-state index is 12.2. The van der Waals surface area contributed by atoms with E-state index in [1.807, 2.05) is 10.7 Å². The number of hydrogen-bond acceptors (Lipinski definition) is 4. The average Bonchev–Trinajstić information content (AvgIpc) is 3.16. The van der Waals surface area contributed by atoms with Crippen molar-refractivity contribution in [2.75, 3.05) is 31.6 Å². The number of morpholine rings is 1.